The van der Waals surface area contributed by atoms with Crippen molar-refractivity contribution in [3.05, 3.63) is 84.4 Å². The molecule has 0 saturated carbocycles. The zero-order valence-corrected chi connectivity index (χ0v) is 18.3. The molecule has 2 N–H and O–H groups in total. The highest BCUT2D eigenvalue weighted by Crippen LogP contribution is 2.26. The van der Waals surface area contributed by atoms with Gasteiger partial charge in [0.1, 0.15) is 5.75 Å². The molecule has 0 spiro atoms. The number of anilines is 1. The fourth-order valence-electron chi connectivity index (χ4n) is 3.86. The van der Waals surface area contributed by atoms with Gasteiger partial charge in [-0.05, 0) is 43.2 Å². The number of methoxy groups -OCH3 is 1. The van der Waals surface area contributed by atoms with E-state index in [0.717, 1.165) is 34.2 Å². The number of aryl methyl sites for hydroxylation is 3. The number of carbonyl (C=O) groups excluding carboxylic acids is 1. The summed E-state index contributed by atoms with van der Waals surface area (Å²) in [6, 6.07) is 13.7. The molecular weight excluding hydrogens is 418 g/mol. The molecule has 1 amide bonds. The third-order valence-corrected chi connectivity index (χ3v) is 5.55. The van der Waals surface area contributed by atoms with Crippen LogP contribution >= 0.6 is 0 Å². The minimum atomic E-state index is -0.366. The van der Waals surface area contributed by atoms with Crippen molar-refractivity contribution < 1.29 is 13.9 Å². The Hall–Kier alpha value is -4.33. The van der Waals surface area contributed by atoms with Crippen LogP contribution in [0, 0.1) is 6.92 Å². The van der Waals surface area contributed by atoms with Crippen molar-refractivity contribution in [2.75, 3.05) is 12.4 Å². The highest BCUT2D eigenvalue weighted by Gasteiger charge is 2.19. The van der Waals surface area contributed by atoms with Crippen LogP contribution in [0.4, 0.5) is 5.82 Å². The van der Waals surface area contributed by atoms with Crippen molar-refractivity contribution in [1.29, 1.82) is 0 Å². The van der Waals surface area contributed by atoms with Gasteiger partial charge in [0.2, 0.25) is 0 Å². The Morgan fingerprint density at radius 3 is 2.97 bits per heavy atom. The monoisotopic (exact) mass is 441 g/mol. The van der Waals surface area contributed by atoms with E-state index < -0.39 is 0 Å². The fraction of sp³-hybridized carbons (Fsp3) is 0.160. The minimum Gasteiger partial charge on any atom is -0.497 e. The van der Waals surface area contributed by atoms with Crippen LogP contribution in [-0.4, -0.2) is 32.5 Å². The summed E-state index contributed by atoms with van der Waals surface area (Å²) in [4.78, 5) is 24.5. The molecule has 3 aromatic heterocycles. The number of nitrogens with one attached hydrogen (secondary N) is 2. The van der Waals surface area contributed by atoms with Crippen molar-refractivity contribution in [3.63, 3.8) is 0 Å². The van der Waals surface area contributed by atoms with E-state index in [9.17, 15) is 4.79 Å². The summed E-state index contributed by atoms with van der Waals surface area (Å²) in [7, 11) is 1.66. The zero-order valence-electron chi connectivity index (χ0n) is 18.3. The summed E-state index contributed by atoms with van der Waals surface area (Å²) in [6.45, 7) is 2.70. The molecule has 0 fully saturated rings. The molecule has 0 atom stereocenters. The molecule has 0 aliphatic carbocycles. The van der Waals surface area contributed by atoms with Gasteiger partial charge in [-0.25, -0.2) is 9.97 Å². The lowest BCUT2D eigenvalue weighted by atomic mass is 10.1. The van der Waals surface area contributed by atoms with Crippen molar-refractivity contribution in [2.45, 2.75) is 19.9 Å². The number of benzene rings is 2. The van der Waals surface area contributed by atoms with Crippen molar-refractivity contribution in [2.24, 2.45) is 0 Å². The fourth-order valence-corrected chi connectivity index (χ4v) is 3.86. The molecule has 8 heteroatoms. The lowest BCUT2D eigenvalue weighted by Crippen LogP contribution is -2.13. The number of aromatic amines is 1. The smallest absolute Gasteiger partial charge is 0.279 e. The molecule has 5 rings (SSSR count). The highest BCUT2D eigenvalue weighted by molar-refractivity contribution is 6.05. The molecule has 2 aromatic carbocycles. The second kappa shape index (κ2) is 8.66. The van der Waals surface area contributed by atoms with Gasteiger partial charge in [0.15, 0.2) is 23.7 Å². The molecule has 0 saturated heterocycles. The highest BCUT2D eigenvalue weighted by atomic mass is 16.5. The van der Waals surface area contributed by atoms with Gasteiger partial charge in [0.05, 0.1) is 13.4 Å². The number of nitrogens with zero attached hydrogens (tertiary/aromatic N) is 3. The topological polar surface area (TPSA) is 98.0 Å². The molecule has 166 valence electrons. The Bertz CT molecular complexity index is 1430. The van der Waals surface area contributed by atoms with Crippen LogP contribution < -0.4 is 10.1 Å². The van der Waals surface area contributed by atoms with Crippen molar-refractivity contribution in [3.8, 4) is 17.1 Å². The quantitative estimate of drug-likeness (QED) is 0.377. The third kappa shape index (κ3) is 4.23. The summed E-state index contributed by atoms with van der Waals surface area (Å²) in [5.41, 5.74) is 4.36. The molecule has 0 aliphatic rings. The normalized spacial score (nSPS) is 11.1. The average molecular weight is 441 g/mol. The number of carbonyl (C=O) groups is 1. The summed E-state index contributed by atoms with van der Waals surface area (Å²) >= 11 is 0. The van der Waals surface area contributed by atoms with Gasteiger partial charge in [-0.1, -0.05) is 23.8 Å². The largest absolute Gasteiger partial charge is 0.497 e. The van der Waals surface area contributed by atoms with Crippen LogP contribution in [0.3, 0.4) is 0 Å². The number of aromatic nitrogens is 4. The molecule has 33 heavy (non-hydrogen) atoms. The summed E-state index contributed by atoms with van der Waals surface area (Å²) < 4.78 is 12.8. The molecule has 5 aromatic rings. The van der Waals surface area contributed by atoms with E-state index in [-0.39, 0.29) is 11.6 Å². The van der Waals surface area contributed by atoms with E-state index in [1.54, 1.807) is 19.6 Å². The van der Waals surface area contributed by atoms with Gasteiger partial charge in [0.25, 0.3) is 5.91 Å². The second-order valence-corrected chi connectivity index (χ2v) is 7.83. The van der Waals surface area contributed by atoms with Crippen molar-refractivity contribution in [1.82, 2.24) is 19.5 Å². The lowest BCUT2D eigenvalue weighted by molar-refractivity contribution is 0.102. The molecule has 0 bridgehead atoms. The predicted molar refractivity (Wildman–Crippen MR) is 125 cm³/mol. The Balaban J connectivity index is 1.27. The van der Waals surface area contributed by atoms with Crippen LogP contribution in [0.15, 0.2) is 72.0 Å². The zero-order chi connectivity index (χ0) is 22.8. The van der Waals surface area contributed by atoms with Crippen LogP contribution in [0.2, 0.25) is 0 Å². The van der Waals surface area contributed by atoms with Crippen LogP contribution in [-0.2, 0) is 13.0 Å². The van der Waals surface area contributed by atoms with Gasteiger partial charge in [-0.2, -0.15) is 0 Å². The molecule has 8 nitrogen and oxygen atoms in total. The SMILES string of the molecule is COc1ccc2[nH]cc(CCn3cnc(NC(=O)c4ncoc4-c4cccc(C)c4)c3)c2c1. The summed E-state index contributed by atoms with van der Waals surface area (Å²) in [5.74, 6) is 1.35. The Labute approximate surface area is 190 Å². The number of imidazole rings is 1. The first kappa shape index (κ1) is 20.6. The lowest BCUT2D eigenvalue weighted by Gasteiger charge is -2.04. The number of oxazole rings is 1. The number of rotatable bonds is 7. The number of hydrogen-bond donors (Lipinski definition) is 2. The van der Waals surface area contributed by atoms with Crippen LogP contribution in [0.1, 0.15) is 21.6 Å². The number of ether oxygens (including phenoxy) is 1. The van der Waals surface area contributed by atoms with Gasteiger partial charge in [0, 0.05) is 35.4 Å². The van der Waals surface area contributed by atoms with Crippen LogP contribution in [0.25, 0.3) is 22.2 Å². The standard InChI is InChI=1S/C25H23N5O3/c1-16-4-3-5-17(10-16)24-23(28-15-33-24)25(31)29-22-13-30(14-27-22)9-8-18-12-26-21-7-6-19(32-2)11-20(18)21/h3-7,10-15,26H,8-9H2,1-2H3,(H,29,31). The van der Waals surface area contributed by atoms with E-state index >= 15 is 0 Å². The maximum atomic E-state index is 12.8. The Morgan fingerprint density at radius 2 is 2.12 bits per heavy atom. The minimum absolute atomic E-state index is 0.225. The molecular formula is C25H23N5O3. The van der Waals surface area contributed by atoms with E-state index in [2.05, 4.69) is 20.3 Å². The average Bonchev–Trinajstić information content (AvgIpc) is 3.57. The number of fused-ring (bicyclic) bond motifs is 1. The van der Waals surface area contributed by atoms with Crippen LogP contribution in [0.5, 0.6) is 5.75 Å². The molecule has 0 unspecified atom stereocenters. The number of hydrogen-bond acceptors (Lipinski definition) is 5. The van der Waals surface area contributed by atoms with E-state index in [0.29, 0.717) is 18.1 Å². The van der Waals surface area contributed by atoms with E-state index in [1.807, 2.05) is 60.2 Å². The number of amides is 1. The van der Waals surface area contributed by atoms with Gasteiger partial charge in [-0.15, -0.1) is 0 Å². The molecule has 0 aliphatic heterocycles. The third-order valence-electron chi connectivity index (χ3n) is 5.55. The van der Waals surface area contributed by atoms with Gasteiger partial charge >= 0.3 is 0 Å². The summed E-state index contributed by atoms with van der Waals surface area (Å²) in [5, 5.41) is 3.95. The molecule has 0 radical (unpaired) electrons. The molecule has 3 heterocycles. The Kier molecular flexibility index (Phi) is 5.40. The Morgan fingerprint density at radius 1 is 1.21 bits per heavy atom. The summed E-state index contributed by atoms with van der Waals surface area (Å²) in [6.07, 6.45) is 7.61. The first-order chi connectivity index (χ1) is 16.1. The van der Waals surface area contributed by atoms with Gasteiger partial charge in [-0.3, -0.25) is 4.79 Å². The number of H-pyrrole nitrogens is 1. The maximum absolute atomic E-state index is 12.8. The van der Waals surface area contributed by atoms with Gasteiger partial charge < -0.3 is 24.0 Å². The van der Waals surface area contributed by atoms with E-state index in [4.69, 9.17) is 9.15 Å². The second-order valence-electron chi connectivity index (χ2n) is 7.83. The van der Waals surface area contributed by atoms with E-state index in [1.165, 1.54) is 12.0 Å². The first-order valence-electron chi connectivity index (χ1n) is 10.6. The maximum Gasteiger partial charge on any atom is 0.279 e. The predicted octanol–water partition coefficient (Wildman–Crippen LogP) is 4.83. The first-order valence-corrected chi connectivity index (χ1v) is 10.6. The van der Waals surface area contributed by atoms with Crippen molar-refractivity contribution >= 4 is 22.6 Å².